The van der Waals surface area contributed by atoms with E-state index in [0.717, 1.165) is 32.7 Å². The van der Waals surface area contributed by atoms with Crippen LogP contribution in [0.5, 0.6) is 6.01 Å². The van der Waals surface area contributed by atoms with Gasteiger partial charge in [-0.25, -0.2) is 5.01 Å². The van der Waals surface area contributed by atoms with Crippen molar-refractivity contribution in [3.63, 3.8) is 0 Å². The summed E-state index contributed by atoms with van der Waals surface area (Å²) in [6.45, 7) is 6.82. The maximum Gasteiger partial charge on any atom is 0.415 e. The second-order valence-corrected chi connectivity index (χ2v) is 5.63. The monoisotopic (exact) mass is 354 g/mol. The number of nitrogens with two attached hydrogens (primary N) is 1. The highest BCUT2D eigenvalue weighted by molar-refractivity contribution is 5.85. The van der Waals surface area contributed by atoms with Gasteiger partial charge >= 0.3 is 11.8 Å². The molecule has 11 heteroatoms. The quantitative estimate of drug-likeness (QED) is 0.472. The number of hydrogen-bond acceptors (Lipinski definition) is 7. The van der Waals surface area contributed by atoms with Gasteiger partial charge in [0.2, 0.25) is 0 Å². The van der Waals surface area contributed by atoms with E-state index in [1.165, 1.54) is 6.20 Å². The van der Waals surface area contributed by atoms with Crippen LogP contribution in [-0.2, 0) is 6.54 Å². The van der Waals surface area contributed by atoms with Crippen LogP contribution in [0.25, 0.3) is 0 Å². The number of hydrogen-bond donors (Lipinski definition) is 1. The fraction of sp³-hybridized carbons (Fsp3) is 0.727. The second kappa shape index (κ2) is 6.97. The van der Waals surface area contributed by atoms with Gasteiger partial charge in [-0.2, -0.15) is 0 Å². The molecule has 0 aliphatic carbocycles. The molecular formula is C11H20Cl2N6O3. The minimum absolute atomic E-state index is 0. The van der Waals surface area contributed by atoms with Crippen LogP contribution < -0.4 is 10.6 Å². The number of rotatable bonds is 3. The summed E-state index contributed by atoms with van der Waals surface area (Å²) in [7, 11) is 0. The maximum absolute atomic E-state index is 10.7. The molecule has 0 aromatic carbocycles. The predicted octanol–water partition coefficient (Wildman–Crippen LogP) is 0.277. The predicted molar refractivity (Wildman–Crippen MR) is 84.6 cm³/mol. The molecule has 1 aromatic heterocycles. The summed E-state index contributed by atoms with van der Waals surface area (Å²) >= 11 is 0. The number of hydrazine groups is 1. The van der Waals surface area contributed by atoms with E-state index < -0.39 is 10.5 Å². The standard InChI is InChI=1S/C11H18N6O3.2ClH/c1-11(7-14-2-4-16(12)5-3-14)8-15-6-9(17(18)19)13-10(15)20-11;;/h6H,2-5,7-8,12H2,1H3;2*1H. The van der Waals surface area contributed by atoms with Crippen LogP contribution in [0.15, 0.2) is 6.20 Å². The fourth-order valence-electron chi connectivity index (χ4n) is 2.76. The molecule has 3 heterocycles. The summed E-state index contributed by atoms with van der Waals surface area (Å²) in [5, 5.41) is 12.5. The number of nitro groups is 1. The summed E-state index contributed by atoms with van der Waals surface area (Å²) in [5.41, 5.74) is -0.395. The molecule has 2 N–H and O–H groups in total. The van der Waals surface area contributed by atoms with Crippen LogP contribution in [0, 0.1) is 10.1 Å². The van der Waals surface area contributed by atoms with Crippen LogP contribution in [0.4, 0.5) is 5.82 Å². The van der Waals surface area contributed by atoms with E-state index in [4.69, 9.17) is 10.6 Å². The Kier molecular flexibility index (Phi) is 5.99. The van der Waals surface area contributed by atoms with Crippen LogP contribution in [0.3, 0.4) is 0 Å². The van der Waals surface area contributed by atoms with E-state index in [2.05, 4.69) is 9.88 Å². The van der Waals surface area contributed by atoms with Gasteiger partial charge in [0, 0.05) is 37.7 Å². The molecule has 0 bridgehead atoms. The molecule has 3 rings (SSSR count). The first-order valence-electron chi connectivity index (χ1n) is 6.58. The first kappa shape index (κ1) is 18.9. The van der Waals surface area contributed by atoms with E-state index in [9.17, 15) is 10.1 Å². The molecule has 126 valence electrons. The van der Waals surface area contributed by atoms with E-state index in [-0.39, 0.29) is 30.6 Å². The molecule has 0 saturated carbocycles. The smallest absolute Gasteiger partial charge is 0.415 e. The Balaban J connectivity index is 0.00000121. The number of ether oxygens (including phenoxy) is 1. The van der Waals surface area contributed by atoms with Crippen molar-refractivity contribution in [3.05, 3.63) is 16.3 Å². The molecule has 2 aliphatic rings. The number of aromatic nitrogens is 2. The van der Waals surface area contributed by atoms with Gasteiger partial charge in [-0.3, -0.25) is 15.3 Å². The molecule has 0 spiro atoms. The highest BCUT2D eigenvalue weighted by Gasteiger charge is 2.41. The van der Waals surface area contributed by atoms with Crippen LogP contribution in [0.2, 0.25) is 0 Å². The average molecular weight is 355 g/mol. The van der Waals surface area contributed by atoms with Gasteiger partial charge < -0.3 is 14.9 Å². The van der Waals surface area contributed by atoms with Gasteiger partial charge in [0.25, 0.3) is 0 Å². The van der Waals surface area contributed by atoms with Crippen molar-refractivity contribution in [1.29, 1.82) is 0 Å². The van der Waals surface area contributed by atoms with Gasteiger partial charge in [0.1, 0.15) is 11.8 Å². The van der Waals surface area contributed by atoms with E-state index in [1.54, 1.807) is 4.57 Å². The first-order chi connectivity index (χ1) is 9.45. The van der Waals surface area contributed by atoms with Gasteiger partial charge in [0.05, 0.1) is 6.54 Å². The lowest BCUT2D eigenvalue weighted by molar-refractivity contribution is -0.389. The number of fused-ring (bicyclic) bond motifs is 1. The highest BCUT2D eigenvalue weighted by atomic mass is 35.5. The second-order valence-electron chi connectivity index (χ2n) is 5.63. The van der Waals surface area contributed by atoms with Crippen LogP contribution in [-0.4, -0.2) is 62.7 Å². The largest absolute Gasteiger partial charge is 0.436 e. The van der Waals surface area contributed by atoms with Crippen molar-refractivity contribution in [1.82, 2.24) is 19.5 Å². The van der Waals surface area contributed by atoms with E-state index in [0.29, 0.717) is 12.6 Å². The molecule has 22 heavy (non-hydrogen) atoms. The van der Waals surface area contributed by atoms with E-state index in [1.807, 2.05) is 11.9 Å². The van der Waals surface area contributed by atoms with Crippen molar-refractivity contribution >= 4 is 30.6 Å². The molecular weight excluding hydrogens is 335 g/mol. The van der Waals surface area contributed by atoms with Crippen molar-refractivity contribution in [2.24, 2.45) is 5.84 Å². The molecule has 0 amide bonds. The fourth-order valence-corrected chi connectivity index (χ4v) is 2.76. The molecule has 1 saturated heterocycles. The molecule has 1 fully saturated rings. The van der Waals surface area contributed by atoms with Crippen LogP contribution >= 0.6 is 24.8 Å². The van der Waals surface area contributed by atoms with Crippen molar-refractivity contribution < 1.29 is 9.66 Å². The van der Waals surface area contributed by atoms with Gasteiger partial charge in [-0.05, 0) is 11.8 Å². The normalized spacial score (nSPS) is 24.8. The summed E-state index contributed by atoms with van der Waals surface area (Å²) in [5.74, 6) is 5.57. The Morgan fingerprint density at radius 2 is 2.05 bits per heavy atom. The van der Waals surface area contributed by atoms with Crippen LogP contribution in [0.1, 0.15) is 6.92 Å². The number of imidazole rings is 1. The van der Waals surface area contributed by atoms with Crippen molar-refractivity contribution in [2.45, 2.75) is 19.1 Å². The topological polar surface area (TPSA) is 103 Å². The zero-order chi connectivity index (χ0) is 14.3. The lowest BCUT2D eigenvalue weighted by Gasteiger charge is -2.36. The van der Waals surface area contributed by atoms with Crippen molar-refractivity contribution in [2.75, 3.05) is 32.7 Å². The zero-order valence-corrected chi connectivity index (χ0v) is 13.8. The molecule has 1 atom stereocenters. The first-order valence-corrected chi connectivity index (χ1v) is 6.58. The summed E-state index contributed by atoms with van der Waals surface area (Å²) in [6, 6.07) is 0.330. The SMILES string of the molecule is CC1(CN2CCN(N)CC2)Cn2cc([N+](=O)[O-])nc2O1.Cl.Cl. The third kappa shape index (κ3) is 3.79. The zero-order valence-electron chi connectivity index (χ0n) is 12.2. The Labute approximate surface area is 140 Å². The molecule has 0 radical (unpaired) electrons. The number of nitrogens with zero attached hydrogens (tertiary/aromatic N) is 5. The Morgan fingerprint density at radius 1 is 1.41 bits per heavy atom. The summed E-state index contributed by atoms with van der Waals surface area (Å²) in [4.78, 5) is 16.3. The van der Waals surface area contributed by atoms with Gasteiger partial charge in [-0.1, -0.05) is 0 Å². The minimum atomic E-state index is -0.507. The summed E-state index contributed by atoms with van der Waals surface area (Å²) < 4.78 is 7.52. The number of piperazine rings is 1. The minimum Gasteiger partial charge on any atom is -0.436 e. The molecule has 1 aromatic rings. The Hall–Kier alpha value is -1.13. The summed E-state index contributed by atoms with van der Waals surface area (Å²) in [6.07, 6.45) is 1.43. The third-order valence-electron chi connectivity index (χ3n) is 3.72. The van der Waals surface area contributed by atoms with Gasteiger partial charge in [-0.15, -0.1) is 24.8 Å². The van der Waals surface area contributed by atoms with Gasteiger partial charge in [0.15, 0.2) is 0 Å². The van der Waals surface area contributed by atoms with E-state index >= 15 is 0 Å². The highest BCUT2D eigenvalue weighted by Crippen LogP contribution is 2.31. The third-order valence-corrected chi connectivity index (χ3v) is 3.72. The maximum atomic E-state index is 10.7. The number of halogens is 2. The molecule has 1 unspecified atom stereocenters. The lowest BCUT2D eigenvalue weighted by atomic mass is 10.1. The lowest BCUT2D eigenvalue weighted by Crippen LogP contribution is -2.54. The Bertz CT molecular complexity index is 508. The molecule has 9 nitrogen and oxygen atoms in total. The average Bonchev–Trinajstić information content (AvgIpc) is 2.87. The Morgan fingerprint density at radius 3 is 2.59 bits per heavy atom. The van der Waals surface area contributed by atoms with Crippen molar-refractivity contribution in [3.8, 4) is 6.01 Å². The molecule has 2 aliphatic heterocycles.